The fourth-order valence-electron chi connectivity index (χ4n) is 0.712. The fraction of sp³-hybridized carbons (Fsp3) is 0.143. The Bertz CT molecular complexity index is 357. The van der Waals surface area contributed by atoms with Gasteiger partial charge in [0.25, 0.3) is 10.4 Å². The zero-order valence-electron chi connectivity index (χ0n) is 7.35. The maximum Gasteiger partial charge on any atom is 1.00 e. The Morgan fingerprint density at radius 2 is 1.69 bits per heavy atom. The van der Waals surface area contributed by atoms with Crippen LogP contribution in [0, 0.1) is 6.92 Å². The summed E-state index contributed by atoms with van der Waals surface area (Å²) in [6.07, 6.45) is 0. The van der Waals surface area contributed by atoms with Crippen molar-refractivity contribution in [3.63, 3.8) is 0 Å². The monoisotopic (exact) mass is 194 g/mol. The van der Waals surface area contributed by atoms with Crippen LogP contribution in [0.2, 0.25) is 0 Å². The molecule has 6 heteroatoms. The third kappa shape index (κ3) is 4.96. The van der Waals surface area contributed by atoms with Gasteiger partial charge in [0.2, 0.25) is 0 Å². The van der Waals surface area contributed by atoms with Crippen LogP contribution in [0.15, 0.2) is 24.3 Å². The Morgan fingerprint density at radius 3 is 2.08 bits per heavy atom. The second kappa shape index (κ2) is 4.68. The molecule has 1 aromatic rings. The summed E-state index contributed by atoms with van der Waals surface area (Å²) in [7, 11) is -4.64. The SMILES string of the molecule is Cc1ccc(OS(=O)(=O)[O-])cc1.[Li+]. The van der Waals surface area contributed by atoms with E-state index in [1.54, 1.807) is 12.1 Å². The second-order valence-electron chi connectivity index (χ2n) is 2.30. The molecule has 1 aromatic carbocycles. The molecule has 0 aromatic heterocycles. The maximum atomic E-state index is 10.1. The van der Waals surface area contributed by atoms with Crippen molar-refractivity contribution >= 4 is 10.4 Å². The molecule has 0 unspecified atom stereocenters. The molecule has 0 spiro atoms. The summed E-state index contributed by atoms with van der Waals surface area (Å²) >= 11 is 0. The summed E-state index contributed by atoms with van der Waals surface area (Å²) in [5, 5.41) is 0. The van der Waals surface area contributed by atoms with Gasteiger partial charge in [-0.05, 0) is 19.1 Å². The Kier molecular flexibility index (Phi) is 4.51. The number of hydrogen-bond acceptors (Lipinski definition) is 4. The Morgan fingerprint density at radius 1 is 1.23 bits per heavy atom. The van der Waals surface area contributed by atoms with Crippen LogP contribution in [0.25, 0.3) is 0 Å². The topological polar surface area (TPSA) is 66.4 Å². The molecular formula is C7H7LiO4S. The van der Waals surface area contributed by atoms with Gasteiger partial charge in [-0.3, -0.25) is 0 Å². The molecule has 66 valence electrons. The van der Waals surface area contributed by atoms with Crippen molar-refractivity contribution in [2.24, 2.45) is 0 Å². The van der Waals surface area contributed by atoms with Crippen LogP contribution in [0.3, 0.4) is 0 Å². The molecule has 0 fully saturated rings. The van der Waals surface area contributed by atoms with E-state index in [1.807, 2.05) is 6.92 Å². The van der Waals surface area contributed by atoms with E-state index in [-0.39, 0.29) is 24.6 Å². The standard InChI is InChI=1S/C7H8O4S.Li/c1-6-2-4-7(5-3-6)11-12(8,9)10;/h2-5H,1H3,(H,8,9,10);/q;+1/p-1. The van der Waals surface area contributed by atoms with Crippen molar-refractivity contribution in [2.75, 3.05) is 0 Å². The molecule has 0 heterocycles. The number of rotatable bonds is 2. The molecule has 0 saturated carbocycles. The molecule has 0 amide bonds. The largest absolute Gasteiger partial charge is 1.00 e. The van der Waals surface area contributed by atoms with Gasteiger partial charge in [0.05, 0.1) is 0 Å². The molecule has 1 rings (SSSR count). The first-order chi connectivity index (χ1) is 5.47. The summed E-state index contributed by atoms with van der Waals surface area (Å²) in [5.74, 6) is 0.0376. The fourth-order valence-corrected chi connectivity index (χ4v) is 1.06. The predicted octanol–water partition coefficient (Wildman–Crippen LogP) is -2.16. The quantitative estimate of drug-likeness (QED) is 0.305. The van der Waals surface area contributed by atoms with E-state index in [1.165, 1.54) is 12.1 Å². The molecule has 0 saturated heterocycles. The van der Waals surface area contributed by atoms with Gasteiger partial charge < -0.3 is 8.74 Å². The molecular weight excluding hydrogens is 187 g/mol. The molecule has 0 N–H and O–H groups in total. The van der Waals surface area contributed by atoms with E-state index in [0.717, 1.165) is 5.56 Å². The van der Waals surface area contributed by atoms with Gasteiger partial charge >= 0.3 is 18.9 Å². The van der Waals surface area contributed by atoms with Crippen LogP contribution in [0.5, 0.6) is 5.75 Å². The van der Waals surface area contributed by atoms with Crippen molar-refractivity contribution in [2.45, 2.75) is 6.92 Å². The average molecular weight is 194 g/mol. The third-order valence-corrected chi connectivity index (χ3v) is 1.62. The van der Waals surface area contributed by atoms with Gasteiger partial charge in [-0.25, -0.2) is 8.42 Å². The van der Waals surface area contributed by atoms with Gasteiger partial charge in [-0.2, -0.15) is 0 Å². The van der Waals surface area contributed by atoms with Crippen molar-refractivity contribution in [1.29, 1.82) is 0 Å². The summed E-state index contributed by atoms with van der Waals surface area (Å²) in [6, 6.07) is 6.15. The Hall–Kier alpha value is -0.473. The Labute approximate surface area is 89.0 Å². The van der Waals surface area contributed by atoms with Gasteiger partial charge in [0.1, 0.15) is 5.75 Å². The minimum absolute atomic E-state index is 0. The van der Waals surface area contributed by atoms with Gasteiger partial charge in [0, 0.05) is 0 Å². The molecule has 0 atom stereocenters. The minimum atomic E-state index is -4.64. The third-order valence-electron chi connectivity index (χ3n) is 1.22. The van der Waals surface area contributed by atoms with Crippen LogP contribution >= 0.6 is 0 Å². The van der Waals surface area contributed by atoms with Crippen molar-refractivity contribution in [3.8, 4) is 5.75 Å². The smallest absolute Gasteiger partial charge is 0.716 e. The van der Waals surface area contributed by atoms with Crippen molar-refractivity contribution in [3.05, 3.63) is 29.8 Å². The zero-order chi connectivity index (χ0) is 9.19. The van der Waals surface area contributed by atoms with E-state index in [4.69, 9.17) is 0 Å². The number of aryl methyl sites for hydroxylation is 1. The van der Waals surface area contributed by atoms with Crippen LogP contribution in [0.1, 0.15) is 5.56 Å². The first kappa shape index (κ1) is 12.5. The van der Waals surface area contributed by atoms with E-state index in [9.17, 15) is 13.0 Å². The summed E-state index contributed by atoms with van der Waals surface area (Å²) in [4.78, 5) is 0. The van der Waals surface area contributed by atoms with Crippen LogP contribution < -0.4 is 23.0 Å². The van der Waals surface area contributed by atoms with Crippen LogP contribution in [-0.4, -0.2) is 13.0 Å². The van der Waals surface area contributed by atoms with Gasteiger partial charge in [0.15, 0.2) is 0 Å². The number of benzene rings is 1. The van der Waals surface area contributed by atoms with Crippen LogP contribution in [-0.2, 0) is 10.4 Å². The molecule has 0 aliphatic rings. The first-order valence-corrected chi connectivity index (χ1v) is 4.53. The van der Waals surface area contributed by atoms with E-state index in [0.29, 0.717) is 0 Å². The van der Waals surface area contributed by atoms with E-state index in [2.05, 4.69) is 4.18 Å². The second-order valence-corrected chi connectivity index (χ2v) is 3.29. The van der Waals surface area contributed by atoms with Gasteiger partial charge in [-0.15, -0.1) is 0 Å². The molecule has 13 heavy (non-hydrogen) atoms. The van der Waals surface area contributed by atoms with Crippen LogP contribution in [0.4, 0.5) is 0 Å². The molecule has 0 bridgehead atoms. The summed E-state index contributed by atoms with van der Waals surface area (Å²) in [5.41, 5.74) is 0.964. The predicted molar refractivity (Wildman–Crippen MR) is 41.5 cm³/mol. The summed E-state index contributed by atoms with van der Waals surface area (Å²) < 4.78 is 34.4. The minimum Gasteiger partial charge on any atom is -0.716 e. The normalized spacial score (nSPS) is 10.3. The molecule has 0 radical (unpaired) electrons. The van der Waals surface area contributed by atoms with Gasteiger partial charge in [-0.1, -0.05) is 17.7 Å². The van der Waals surface area contributed by atoms with E-state index >= 15 is 0 Å². The number of hydrogen-bond donors (Lipinski definition) is 0. The molecule has 0 aliphatic heterocycles. The maximum absolute atomic E-state index is 10.1. The van der Waals surface area contributed by atoms with Crippen molar-refractivity contribution in [1.82, 2.24) is 0 Å². The van der Waals surface area contributed by atoms with E-state index < -0.39 is 10.4 Å². The molecule has 4 nitrogen and oxygen atoms in total. The first-order valence-electron chi connectivity index (χ1n) is 3.19. The molecule has 0 aliphatic carbocycles. The Balaban J connectivity index is 0.00000144. The van der Waals surface area contributed by atoms with Crippen molar-refractivity contribution < 1.29 is 36.0 Å². The average Bonchev–Trinajstić information content (AvgIpc) is 1.91. The zero-order valence-corrected chi connectivity index (χ0v) is 8.17. The summed E-state index contributed by atoms with van der Waals surface area (Å²) in [6.45, 7) is 1.84.